The molecular weight excluding hydrogens is 454 g/mol. The van der Waals surface area contributed by atoms with Crippen molar-refractivity contribution in [3.63, 3.8) is 0 Å². The average molecular weight is 486 g/mol. The van der Waals surface area contributed by atoms with Crippen LogP contribution in [0, 0.1) is 17.2 Å². The number of esters is 1. The van der Waals surface area contributed by atoms with Crippen molar-refractivity contribution < 1.29 is 19.1 Å². The van der Waals surface area contributed by atoms with Gasteiger partial charge in [0.15, 0.2) is 0 Å². The number of amidine groups is 1. The lowest BCUT2D eigenvalue weighted by Crippen LogP contribution is -2.31. The molecule has 2 aliphatic rings. The van der Waals surface area contributed by atoms with E-state index in [9.17, 15) is 9.59 Å². The van der Waals surface area contributed by atoms with E-state index in [-0.39, 0.29) is 48.5 Å². The molecule has 182 valence electrons. The number of rotatable bonds is 9. The summed E-state index contributed by atoms with van der Waals surface area (Å²) in [5.74, 6) is 0.510. The summed E-state index contributed by atoms with van der Waals surface area (Å²) in [7, 11) is 0. The molecule has 4 rings (SSSR count). The van der Waals surface area contributed by atoms with Crippen LogP contribution in [0.4, 0.5) is 0 Å². The van der Waals surface area contributed by atoms with Gasteiger partial charge in [0, 0.05) is 5.56 Å². The molecule has 0 aromatic heterocycles. The Labute approximate surface area is 206 Å². The van der Waals surface area contributed by atoms with E-state index in [0.29, 0.717) is 36.9 Å². The predicted molar refractivity (Wildman–Crippen MR) is 133 cm³/mol. The average Bonchev–Trinajstić information content (AvgIpc) is 3.46. The van der Waals surface area contributed by atoms with Gasteiger partial charge >= 0.3 is 5.97 Å². The summed E-state index contributed by atoms with van der Waals surface area (Å²) in [5, 5.41) is 10.4. The fourth-order valence-electron chi connectivity index (χ4n) is 4.54. The van der Waals surface area contributed by atoms with Gasteiger partial charge in [0.1, 0.15) is 18.2 Å². The van der Waals surface area contributed by atoms with Crippen LogP contribution in [0.5, 0.6) is 5.75 Å². The molecule has 8 heteroatoms. The number of amides is 1. The summed E-state index contributed by atoms with van der Waals surface area (Å²) in [5.41, 5.74) is 8.25. The zero-order valence-electron chi connectivity index (χ0n) is 19.1. The minimum atomic E-state index is -0.352. The molecule has 0 unspecified atom stereocenters. The summed E-state index contributed by atoms with van der Waals surface area (Å²) < 4.78 is 11.3. The third-order valence-electron chi connectivity index (χ3n) is 6.49. The minimum Gasteiger partial charge on any atom is -0.491 e. The maximum absolute atomic E-state index is 12.3. The summed E-state index contributed by atoms with van der Waals surface area (Å²) in [6.07, 6.45) is 5.38. The van der Waals surface area contributed by atoms with Gasteiger partial charge in [0.25, 0.3) is 0 Å². The first-order valence-electron chi connectivity index (χ1n) is 11.6. The number of carbonyl (C=O) groups is 2. The summed E-state index contributed by atoms with van der Waals surface area (Å²) in [6, 6.07) is 15.1. The number of hydrogen-bond donors (Lipinski definition) is 3. The van der Waals surface area contributed by atoms with E-state index in [2.05, 4.69) is 5.32 Å². The zero-order valence-corrected chi connectivity index (χ0v) is 19.9. The predicted octanol–water partition coefficient (Wildman–Crippen LogP) is 4.07. The lowest BCUT2D eigenvalue weighted by Gasteiger charge is -2.13. The third kappa shape index (κ3) is 6.73. The standard InChI is InChI=1S/C26H31N3O4.ClH/c27-25(28)20-7-5-18(6-8-20)19-9-11-23(12-10-19)32-16-22-13-21(26(31)29-22)14-24(30)33-15-17-3-1-2-4-17;/h5-12,17,21-22H,1-4,13-16H2,(H3,27,28)(H,29,31);1H/t21-,22-;/m0./s1. The van der Waals surface area contributed by atoms with E-state index in [4.69, 9.17) is 20.6 Å². The van der Waals surface area contributed by atoms with Crippen LogP contribution < -0.4 is 15.8 Å². The summed E-state index contributed by atoms with van der Waals surface area (Å²) in [6.45, 7) is 0.836. The molecule has 0 spiro atoms. The molecule has 34 heavy (non-hydrogen) atoms. The largest absolute Gasteiger partial charge is 0.491 e. The van der Waals surface area contributed by atoms with Crippen molar-refractivity contribution in [1.29, 1.82) is 5.41 Å². The highest BCUT2D eigenvalue weighted by molar-refractivity contribution is 5.95. The number of benzene rings is 2. The number of hydrogen-bond acceptors (Lipinski definition) is 5. The Morgan fingerprint density at radius 3 is 2.24 bits per heavy atom. The topological polar surface area (TPSA) is 115 Å². The van der Waals surface area contributed by atoms with Crippen LogP contribution in [0.25, 0.3) is 11.1 Å². The first kappa shape index (κ1) is 25.6. The Hall–Kier alpha value is -3.06. The van der Waals surface area contributed by atoms with Gasteiger partial charge < -0.3 is 20.5 Å². The van der Waals surface area contributed by atoms with Gasteiger partial charge in [-0.1, -0.05) is 49.2 Å². The van der Waals surface area contributed by atoms with E-state index in [0.717, 1.165) is 24.0 Å². The highest BCUT2D eigenvalue weighted by atomic mass is 35.5. The molecule has 2 fully saturated rings. The molecule has 0 radical (unpaired) electrons. The Bertz CT molecular complexity index is 988. The Kier molecular flexibility index (Phi) is 8.93. The van der Waals surface area contributed by atoms with Crippen molar-refractivity contribution in [2.45, 2.75) is 44.6 Å². The number of nitrogens with two attached hydrogens (primary N) is 1. The molecule has 1 heterocycles. The number of carbonyl (C=O) groups excluding carboxylic acids is 2. The fraction of sp³-hybridized carbons (Fsp3) is 0.423. The number of nitrogen functional groups attached to an aromatic ring is 1. The summed E-state index contributed by atoms with van der Waals surface area (Å²) >= 11 is 0. The zero-order chi connectivity index (χ0) is 23.2. The molecule has 2 aromatic carbocycles. The van der Waals surface area contributed by atoms with Gasteiger partial charge in [-0.3, -0.25) is 15.0 Å². The van der Waals surface area contributed by atoms with E-state index in [1.54, 1.807) is 0 Å². The Morgan fingerprint density at radius 1 is 1.00 bits per heavy atom. The van der Waals surface area contributed by atoms with Crippen molar-refractivity contribution >= 4 is 30.1 Å². The van der Waals surface area contributed by atoms with Gasteiger partial charge in [-0.05, 0) is 48.4 Å². The van der Waals surface area contributed by atoms with Crippen molar-refractivity contribution in [2.75, 3.05) is 13.2 Å². The third-order valence-corrected chi connectivity index (χ3v) is 6.49. The van der Waals surface area contributed by atoms with Crippen LogP contribution in [0.15, 0.2) is 48.5 Å². The smallest absolute Gasteiger partial charge is 0.306 e. The van der Waals surface area contributed by atoms with Crippen LogP contribution in [-0.2, 0) is 14.3 Å². The van der Waals surface area contributed by atoms with E-state index < -0.39 is 0 Å². The molecule has 1 amide bonds. The molecular formula is C26H32ClN3O4. The van der Waals surface area contributed by atoms with E-state index in [1.807, 2.05) is 48.5 Å². The lowest BCUT2D eigenvalue weighted by atomic mass is 10.0. The minimum absolute atomic E-state index is 0. The van der Waals surface area contributed by atoms with Crippen molar-refractivity contribution in [2.24, 2.45) is 17.6 Å². The number of nitrogens with one attached hydrogen (secondary N) is 2. The molecule has 0 bridgehead atoms. The molecule has 2 aromatic rings. The number of ether oxygens (including phenoxy) is 2. The van der Waals surface area contributed by atoms with Gasteiger partial charge in [0.2, 0.25) is 5.91 Å². The van der Waals surface area contributed by atoms with Crippen LogP contribution in [0.2, 0.25) is 0 Å². The van der Waals surface area contributed by atoms with Gasteiger partial charge in [-0.15, -0.1) is 12.4 Å². The van der Waals surface area contributed by atoms with Crippen molar-refractivity contribution in [3.8, 4) is 16.9 Å². The van der Waals surface area contributed by atoms with E-state index >= 15 is 0 Å². The molecule has 1 aliphatic heterocycles. The quantitative estimate of drug-likeness (QED) is 0.281. The lowest BCUT2D eigenvalue weighted by molar-refractivity contribution is -0.147. The van der Waals surface area contributed by atoms with Crippen molar-refractivity contribution in [3.05, 3.63) is 54.1 Å². The SMILES string of the molecule is Cl.N=C(N)c1ccc(-c2ccc(OC[C@@H]3C[C@@H](CC(=O)OCC4CCCC4)C(=O)N3)cc2)cc1. The second kappa shape index (κ2) is 11.9. The highest BCUT2D eigenvalue weighted by Gasteiger charge is 2.34. The fourth-order valence-corrected chi connectivity index (χ4v) is 4.54. The van der Waals surface area contributed by atoms with Gasteiger partial charge in [0.05, 0.1) is 25.0 Å². The van der Waals surface area contributed by atoms with Gasteiger partial charge in [-0.25, -0.2) is 0 Å². The maximum Gasteiger partial charge on any atom is 0.306 e. The maximum atomic E-state index is 12.3. The van der Waals surface area contributed by atoms with E-state index in [1.165, 1.54) is 12.8 Å². The number of halogens is 1. The highest BCUT2D eigenvalue weighted by Crippen LogP contribution is 2.26. The molecule has 1 saturated heterocycles. The molecule has 1 aliphatic carbocycles. The monoisotopic (exact) mass is 485 g/mol. The first-order chi connectivity index (χ1) is 16.0. The van der Waals surface area contributed by atoms with Gasteiger partial charge in [-0.2, -0.15) is 0 Å². The second-order valence-electron chi connectivity index (χ2n) is 9.00. The molecule has 1 saturated carbocycles. The molecule has 2 atom stereocenters. The molecule has 7 nitrogen and oxygen atoms in total. The first-order valence-corrected chi connectivity index (χ1v) is 11.6. The van der Waals surface area contributed by atoms with Crippen LogP contribution in [-0.4, -0.2) is 37.0 Å². The molecule has 4 N–H and O–H groups in total. The van der Waals surface area contributed by atoms with Crippen LogP contribution >= 0.6 is 12.4 Å². The second-order valence-corrected chi connectivity index (χ2v) is 9.00. The Balaban J connectivity index is 0.00000324. The van der Waals surface area contributed by atoms with Crippen molar-refractivity contribution in [1.82, 2.24) is 5.32 Å². The normalized spacial score (nSPS) is 19.8. The summed E-state index contributed by atoms with van der Waals surface area (Å²) in [4.78, 5) is 24.4. The Morgan fingerprint density at radius 2 is 1.62 bits per heavy atom. The van der Waals surface area contributed by atoms with Crippen LogP contribution in [0.3, 0.4) is 0 Å². The van der Waals surface area contributed by atoms with Crippen LogP contribution in [0.1, 0.15) is 44.1 Å².